The molecule has 4 rings (SSSR count). The number of esters is 1. The molecule has 0 fully saturated rings. The number of hydrogen-bond donors (Lipinski definition) is 1. The van der Waals surface area contributed by atoms with Gasteiger partial charge in [0, 0.05) is 13.1 Å². The van der Waals surface area contributed by atoms with Gasteiger partial charge < -0.3 is 24.3 Å². The highest BCUT2D eigenvalue weighted by molar-refractivity contribution is 6.06. The molecule has 0 aliphatic carbocycles. The van der Waals surface area contributed by atoms with Gasteiger partial charge in [-0.15, -0.1) is 0 Å². The number of rotatable bonds is 8. The van der Waals surface area contributed by atoms with Crippen LogP contribution in [0.2, 0.25) is 0 Å². The van der Waals surface area contributed by atoms with Crippen LogP contribution in [0.1, 0.15) is 52.9 Å². The fraction of sp³-hybridized carbons (Fsp3) is 0.333. The summed E-state index contributed by atoms with van der Waals surface area (Å²) in [4.78, 5) is 45.2. The van der Waals surface area contributed by atoms with Crippen molar-refractivity contribution in [3.8, 4) is 5.75 Å². The van der Waals surface area contributed by atoms with Crippen LogP contribution in [-0.2, 0) is 29.2 Å². The minimum absolute atomic E-state index is 0.0353. The lowest BCUT2D eigenvalue weighted by Gasteiger charge is -2.43. The Bertz CT molecular complexity index is 1250. The van der Waals surface area contributed by atoms with Gasteiger partial charge in [0.2, 0.25) is 5.91 Å². The maximum atomic E-state index is 13.8. The van der Waals surface area contributed by atoms with Crippen molar-refractivity contribution in [2.45, 2.75) is 52.0 Å². The average Bonchev–Trinajstić information content (AvgIpc) is 3.29. The van der Waals surface area contributed by atoms with E-state index in [0.29, 0.717) is 12.3 Å². The highest BCUT2D eigenvalue weighted by atomic mass is 16.5. The first kappa shape index (κ1) is 25.0. The molecular formula is C27H30N4O5. The third-order valence-electron chi connectivity index (χ3n) is 6.16. The van der Waals surface area contributed by atoms with E-state index in [4.69, 9.17) is 9.47 Å². The molecule has 3 aromatic rings. The average molecular weight is 491 g/mol. The van der Waals surface area contributed by atoms with Crippen LogP contribution in [0.25, 0.3) is 0 Å². The van der Waals surface area contributed by atoms with Crippen molar-refractivity contribution >= 4 is 17.8 Å². The van der Waals surface area contributed by atoms with E-state index in [9.17, 15) is 14.4 Å². The number of benzene rings is 2. The molecule has 0 saturated carbocycles. The molecule has 1 aromatic heterocycles. The van der Waals surface area contributed by atoms with Crippen molar-refractivity contribution < 1.29 is 23.9 Å². The normalized spacial score (nSPS) is 17.0. The van der Waals surface area contributed by atoms with Gasteiger partial charge in [-0.25, -0.2) is 9.78 Å². The molecule has 2 heterocycles. The summed E-state index contributed by atoms with van der Waals surface area (Å²) >= 11 is 0. The van der Waals surface area contributed by atoms with Crippen molar-refractivity contribution in [2.24, 2.45) is 0 Å². The Kier molecular flexibility index (Phi) is 7.10. The Hall–Kier alpha value is -4.14. The summed E-state index contributed by atoms with van der Waals surface area (Å²) in [7, 11) is 1.24. The number of hydrogen-bond acceptors (Lipinski definition) is 6. The Morgan fingerprint density at radius 3 is 2.42 bits per heavy atom. The van der Waals surface area contributed by atoms with E-state index in [2.05, 4.69) is 10.3 Å². The van der Waals surface area contributed by atoms with Crippen molar-refractivity contribution in [2.75, 3.05) is 7.11 Å². The second-order valence-electron chi connectivity index (χ2n) is 9.21. The maximum absolute atomic E-state index is 13.8. The number of carbonyl (C=O) groups is 3. The highest BCUT2D eigenvalue weighted by Gasteiger charge is 2.48. The maximum Gasteiger partial charge on any atom is 0.359 e. The van der Waals surface area contributed by atoms with Gasteiger partial charge in [0.25, 0.3) is 5.91 Å². The van der Waals surface area contributed by atoms with Gasteiger partial charge in [-0.3, -0.25) is 9.59 Å². The lowest BCUT2D eigenvalue weighted by Crippen LogP contribution is -2.63. The van der Waals surface area contributed by atoms with E-state index >= 15 is 0 Å². The third kappa shape index (κ3) is 4.95. The standard InChI is InChI=1S/C27H30N4O5/c1-18(2)36-21-12-10-20(11-13-21)15-31-24(32)23-22(25(33)35-4)29-17-30(23)16-27(31,3)26(34)28-14-19-8-6-5-7-9-19/h5-13,17-18H,14-16H2,1-4H3,(H,28,34)/t27-/m1/s1. The number of nitrogens with one attached hydrogen (secondary N) is 1. The van der Waals surface area contributed by atoms with Crippen LogP contribution < -0.4 is 10.1 Å². The summed E-state index contributed by atoms with van der Waals surface area (Å²) in [5.41, 5.74) is 0.559. The van der Waals surface area contributed by atoms with Crippen LogP contribution >= 0.6 is 0 Å². The molecule has 9 nitrogen and oxygen atoms in total. The molecule has 2 amide bonds. The van der Waals surface area contributed by atoms with Gasteiger partial charge in [-0.1, -0.05) is 42.5 Å². The number of nitrogens with zero attached hydrogens (tertiary/aromatic N) is 3. The highest BCUT2D eigenvalue weighted by Crippen LogP contribution is 2.31. The SMILES string of the molecule is COC(=O)c1ncn2c1C(=O)N(Cc1ccc(OC(C)C)cc1)[C@@](C)(C(=O)NCc1ccccc1)C2. The second-order valence-corrected chi connectivity index (χ2v) is 9.21. The second kappa shape index (κ2) is 10.2. The molecule has 1 aliphatic heterocycles. The molecule has 9 heteroatoms. The number of amides is 2. The number of ether oxygens (including phenoxy) is 2. The quantitative estimate of drug-likeness (QED) is 0.487. The minimum atomic E-state index is -1.24. The van der Waals surface area contributed by atoms with Gasteiger partial charge >= 0.3 is 5.97 Å². The first-order chi connectivity index (χ1) is 17.2. The smallest absolute Gasteiger partial charge is 0.359 e. The van der Waals surface area contributed by atoms with Gasteiger partial charge in [-0.2, -0.15) is 0 Å². The first-order valence-corrected chi connectivity index (χ1v) is 11.8. The molecule has 1 aliphatic rings. The van der Waals surface area contributed by atoms with Gasteiger partial charge in [0.05, 0.1) is 26.1 Å². The number of carbonyl (C=O) groups excluding carboxylic acids is 3. The van der Waals surface area contributed by atoms with Crippen LogP contribution in [0.5, 0.6) is 5.75 Å². The Morgan fingerprint density at radius 2 is 1.78 bits per heavy atom. The van der Waals surface area contributed by atoms with Gasteiger partial charge in [0.15, 0.2) is 5.69 Å². The van der Waals surface area contributed by atoms with Gasteiger partial charge in [-0.05, 0) is 44.0 Å². The Morgan fingerprint density at radius 1 is 1.08 bits per heavy atom. The van der Waals surface area contributed by atoms with E-state index in [1.807, 2.05) is 68.4 Å². The molecule has 0 radical (unpaired) electrons. The van der Waals surface area contributed by atoms with Crippen LogP contribution in [0.4, 0.5) is 0 Å². The largest absolute Gasteiger partial charge is 0.491 e. The molecule has 0 bridgehead atoms. The summed E-state index contributed by atoms with van der Waals surface area (Å²) in [6.45, 7) is 6.23. The summed E-state index contributed by atoms with van der Waals surface area (Å²) in [6.07, 6.45) is 1.44. The third-order valence-corrected chi connectivity index (χ3v) is 6.16. The molecule has 1 N–H and O–H groups in total. The van der Waals surface area contributed by atoms with Crippen molar-refractivity contribution in [1.82, 2.24) is 19.8 Å². The molecule has 1 atom stereocenters. The zero-order valence-corrected chi connectivity index (χ0v) is 20.9. The monoisotopic (exact) mass is 490 g/mol. The molecule has 0 saturated heterocycles. The van der Waals surface area contributed by atoms with Gasteiger partial charge in [0.1, 0.15) is 17.0 Å². The lowest BCUT2D eigenvalue weighted by molar-refractivity contribution is -0.133. The van der Waals surface area contributed by atoms with Crippen LogP contribution in [-0.4, -0.2) is 51.0 Å². The summed E-state index contributed by atoms with van der Waals surface area (Å²) in [5, 5.41) is 2.97. The molecule has 0 unspecified atom stereocenters. The van der Waals surface area contributed by atoms with Crippen molar-refractivity contribution in [3.63, 3.8) is 0 Å². The van der Waals surface area contributed by atoms with E-state index in [1.165, 1.54) is 18.3 Å². The number of imidazole rings is 1. The molecule has 188 valence electrons. The van der Waals surface area contributed by atoms with Crippen molar-refractivity contribution in [1.29, 1.82) is 0 Å². The summed E-state index contributed by atoms with van der Waals surface area (Å²) < 4.78 is 12.1. The van der Waals surface area contributed by atoms with E-state index < -0.39 is 17.4 Å². The zero-order valence-electron chi connectivity index (χ0n) is 20.9. The predicted octanol–water partition coefficient (Wildman–Crippen LogP) is 3.19. The number of aromatic nitrogens is 2. The molecule has 0 spiro atoms. The Balaban J connectivity index is 1.66. The van der Waals surface area contributed by atoms with Crippen LogP contribution in [0.3, 0.4) is 0 Å². The predicted molar refractivity (Wildman–Crippen MR) is 132 cm³/mol. The summed E-state index contributed by atoms with van der Waals surface area (Å²) in [5.74, 6) is -0.769. The van der Waals surface area contributed by atoms with Crippen LogP contribution in [0, 0.1) is 0 Å². The fourth-order valence-corrected chi connectivity index (χ4v) is 4.28. The molecular weight excluding hydrogens is 460 g/mol. The zero-order chi connectivity index (χ0) is 25.9. The molecule has 36 heavy (non-hydrogen) atoms. The number of fused-ring (bicyclic) bond motifs is 1. The first-order valence-electron chi connectivity index (χ1n) is 11.8. The topological polar surface area (TPSA) is 103 Å². The lowest BCUT2D eigenvalue weighted by atomic mass is 9.93. The van der Waals surface area contributed by atoms with Crippen LogP contribution in [0.15, 0.2) is 60.9 Å². The minimum Gasteiger partial charge on any atom is -0.491 e. The fourth-order valence-electron chi connectivity index (χ4n) is 4.28. The van der Waals surface area contributed by atoms with Crippen molar-refractivity contribution in [3.05, 3.63) is 83.4 Å². The number of methoxy groups -OCH3 is 1. The van der Waals surface area contributed by atoms with E-state index in [0.717, 1.165) is 11.1 Å². The van der Waals surface area contributed by atoms with E-state index in [-0.39, 0.29) is 36.5 Å². The Labute approximate surface area is 210 Å². The summed E-state index contributed by atoms with van der Waals surface area (Å²) in [6, 6.07) is 16.9. The molecule has 2 aromatic carbocycles. The van der Waals surface area contributed by atoms with E-state index in [1.54, 1.807) is 11.5 Å².